The number of benzene rings is 3. The third kappa shape index (κ3) is 5.86. The van der Waals surface area contributed by atoms with Gasteiger partial charge in [-0.05, 0) is 56.5 Å². The molecule has 0 radical (unpaired) electrons. The van der Waals surface area contributed by atoms with Crippen molar-refractivity contribution in [3.05, 3.63) is 126 Å². The summed E-state index contributed by atoms with van der Waals surface area (Å²) in [5.74, 6) is -1.71. The Morgan fingerprint density at radius 3 is 1.61 bits per heavy atom. The van der Waals surface area contributed by atoms with E-state index >= 15 is 4.39 Å². The lowest BCUT2D eigenvalue weighted by atomic mass is 9.77. The third-order valence-electron chi connectivity index (χ3n) is 5.85. The summed E-state index contributed by atoms with van der Waals surface area (Å²) < 4.78 is 41.0. The molecule has 0 aliphatic rings. The zero-order valence-electron chi connectivity index (χ0n) is 22.0. The van der Waals surface area contributed by atoms with Gasteiger partial charge >= 0.3 is 7.60 Å². The van der Waals surface area contributed by atoms with Crippen LogP contribution in [0.5, 0.6) is 0 Å². The first-order chi connectivity index (χ1) is 18.3. The zero-order chi connectivity index (χ0) is 27.2. The molecule has 8 heteroatoms. The van der Waals surface area contributed by atoms with Gasteiger partial charge in [0.15, 0.2) is 5.82 Å². The fraction of sp³-hybridized carbons (Fsp3) is 0.267. The summed E-state index contributed by atoms with van der Waals surface area (Å²) >= 11 is 0. The van der Waals surface area contributed by atoms with E-state index in [2.05, 4.69) is 41.4 Å². The van der Waals surface area contributed by atoms with E-state index in [1.54, 1.807) is 38.7 Å². The molecule has 0 saturated carbocycles. The molecule has 0 aliphatic carbocycles. The molecule has 0 spiro atoms. The van der Waals surface area contributed by atoms with Crippen molar-refractivity contribution in [2.45, 2.75) is 51.4 Å². The molecule has 1 atom stereocenters. The van der Waals surface area contributed by atoms with Crippen LogP contribution in [0.2, 0.25) is 0 Å². The fourth-order valence-electron chi connectivity index (χ4n) is 4.45. The minimum absolute atomic E-state index is 0.264. The van der Waals surface area contributed by atoms with Gasteiger partial charge in [0.05, 0.1) is 12.2 Å². The Morgan fingerprint density at radius 1 is 0.789 bits per heavy atom. The number of halogens is 1. The number of rotatable bonds is 11. The highest BCUT2D eigenvalue weighted by molar-refractivity contribution is 7.54. The van der Waals surface area contributed by atoms with Gasteiger partial charge in [-0.1, -0.05) is 91.0 Å². The molecule has 0 aliphatic heterocycles. The van der Waals surface area contributed by atoms with Crippen LogP contribution in [0.25, 0.3) is 6.08 Å². The molecule has 0 fully saturated rings. The Hall–Kier alpha value is -3.38. The van der Waals surface area contributed by atoms with Gasteiger partial charge in [0.1, 0.15) is 11.9 Å². The molecule has 6 nitrogen and oxygen atoms in total. The van der Waals surface area contributed by atoms with E-state index in [4.69, 9.17) is 14.1 Å². The number of allylic oxidation sites excluding steroid dienone is 1. The van der Waals surface area contributed by atoms with Gasteiger partial charge in [-0.15, -0.1) is 0 Å². The number of hydrogen-bond acceptors (Lipinski definition) is 5. The summed E-state index contributed by atoms with van der Waals surface area (Å²) in [6.45, 7) is 6.75. The van der Waals surface area contributed by atoms with E-state index in [-0.39, 0.29) is 5.82 Å². The summed E-state index contributed by atoms with van der Waals surface area (Å²) in [7, 11) is -4.04. The summed E-state index contributed by atoms with van der Waals surface area (Å²) in [6, 6.07) is 30.2. The van der Waals surface area contributed by atoms with Crippen LogP contribution in [-0.4, -0.2) is 32.9 Å². The van der Waals surface area contributed by atoms with Crippen molar-refractivity contribution in [2.75, 3.05) is 0 Å². The third-order valence-corrected chi connectivity index (χ3v) is 8.06. The summed E-state index contributed by atoms with van der Waals surface area (Å²) in [5.41, 5.74) is 2.12. The van der Waals surface area contributed by atoms with Gasteiger partial charge in [0, 0.05) is 0 Å². The Morgan fingerprint density at radius 2 is 1.21 bits per heavy atom. The van der Waals surface area contributed by atoms with Gasteiger partial charge in [0.2, 0.25) is 5.91 Å². The Kier molecular flexibility index (Phi) is 8.72. The van der Waals surface area contributed by atoms with Crippen molar-refractivity contribution in [1.82, 2.24) is 14.8 Å². The average Bonchev–Trinajstić information content (AvgIpc) is 3.38. The van der Waals surface area contributed by atoms with Gasteiger partial charge < -0.3 is 9.05 Å². The molecule has 1 aromatic heterocycles. The SMILES string of the molecule is CC(C)OP(=O)(OC(C)C)C(F)C=Cc1ncn(C(c2ccccc2)(c2ccccc2)c2ccccc2)n1. The van der Waals surface area contributed by atoms with Crippen LogP contribution in [0.4, 0.5) is 4.39 Å². The quantitative estimate of drug-likeness (QED) is 0.148. The van der Waals surface area contributed by atoms with Crippen LogP contribution >= 0.6 is 7.60 Å². The molecular weight excluding hydrogens is 500 g/mol. The van der Waals surface area contributed by atoms with E-state index < -0.39 is 31.3 Å². The van der Waals surface area contributed by atoms with Crippen molar-refractivity contribution < 1.29 is 18.0 Å². The molecule has 4 rings (SSSR count). The first-order valence-electron chi connectivity index (χ1n) is 12.6. The second-order valence-corrected chi connectivity index (χ2v) is 11.4. The minimum Gasteiger partial charge on any atom is -0.304 e. The maximum atomic E-state index is 15.2. The van der Waals surface area contributed by atoms with E-state index in [1.807, 2.05) is 54.6 Å². The fourth-order valence-corrected chi connectivity index (χ4v) is 6.20. The molecule has 3 aromatic carbocycles. The summed E-state index contributed by atoms with van der Waals surface area (Å²) in [6.07, 6.45) is 3.25. The zero-order valence-corrected chi connectivity index (χ0v) is 22.9. The Bertz CT molecular complexity index is 1260. The highest BCUT2D eigenvalue weighted by Gasteiger charge is 2.40. The van der Waals surface area contributed by atoms with Gasteiger partial charge in [0.25, 0.3) is 0 Å². The second kappa shape index (κ2) is 12.0. The molecule has 4 aromatic rings. The van der Waals surface area contributed by atoms with Crippen LogP contribution in [0.3, 0.4) is 0 Å². The van der Waals surface area contributed by atoms with Gasteiger partial charge in [-0.3, -0.25) is 4.57 Å². The van der Waals surface area contributed by atoms with Crippen molar-refractivity contribution in [3.63, 3.8) is 0 Å². The maximum Gasteiger partial charge on any atom is 0.368 e. The molecule has 0 N–H and O–H groups in total. The van der Waals surface area contributed by atoms with Crippen LogP contribution < -0.4 is 0 Å². The van der Waals surface area contributed by atoms with Crippen LogP contribution in [-0.2, 0) is 19.2 Å². The van der Waals surface area contributed by atoms with E-state index in [9.17, 15) is 4.57 Å². The molecular formula is C30H33FN3O3P. The van der Waals surface area contributed by atoms with Crippen LogP contribution in [0.15, 0.2) is 103 Å². The van der Waals surface area contributed by atoms with Crippen LogP contribution in [0.1, 0.15) is 50.2 Å². The number of nitrogens with zero attached hydrogens (tertiary/aromatic N) is 3. The lowest BCUT2D eigenvalue weighted by molar-refractivity contribution is 0.128. The van der Waals surface area contributed by atoms with Crippen molar-refractivity contribution in [1.29, 1.82) is 0 Å². The highest BCUT2D eigenvalue weighted by Crippen LogP contribution is 2.56. The van der Waals surface area contributed by atoms with E-state index in [1.165, 1.54) is 6.08 Å². The molecule has 1 unspecified atom stereocenters. The summed E-state index contributed by atoms with van der Waals surface area (Å²) in [4.78, 5) is 4.46. The van der Waals surface area contributed by atoms with Crippen molar-refractivity contribution in [3.8, 4) is 0 Å². The van der Waals surface area contributed by atoms with E-state index in [0.29, 0.717) is 0 Å². The normalized spacial score (nSPS) is 13.4. The summed E-state index contributed by atoms with van der Waals surface area (Å²) in [5, 5.41) is 4.77. The maximum absolute atomic E-state index is 15.2. The molecule has 198 valence electrons. The smallest absolute Gasteiger partial charge is 0.304 e. The monoisotopic (exact) mass is 533 g/mol. The minimum atomic E-state index is -4.04. The average molecular weight is 534 g/mol. The number of hydrogen-bond donors (Lipinski definition) is 0. The van der Waals surface area contributed by atoms with Crippen molar-refractivity contribution >= 4 is 13.7 Å². The molecule has 0 bridgehead atoms. The molecule has 0 saturated heterocycles. The Labute approximate surface area is 223 Å². The first-order valence-corrected chi connectivity index (χ1v) is 14.2. The molecule has 0 amide bonds. The first kappa shape index (κ1) is 27.6. The van der Waals surface area contributed by atoms with E-state index in [0.717, 1.165) is 22.8 Å². The van der Waals surface area contributed by atoms with Gasteiger partial charge in [-0.25, -0.2) is 14.1 Å². The largest absolute Gasteiger partial charge is 0.368 e. The Balaban J connectivity index is 1.80. The number of alkyl halides is 1. The standard InChI is InChI=1S/C30H33FN3O3P/c1-23(2)36-38(35,37-24(3)4)28(31)20-21-29-32-22-34(33-29)30(25-14-8-5-9-15-25,26-16-10-6-11-17-26)27-18-12-7-13-19-27/h5-24,28H,1-4H3. The second-order valence-electron chi connectivity index (χ2n) is 9.44. The molecule has 1 heterocycles. The predicted molar refractivity (Wildman–Crippen MR) is 149 cm³/mol. The number of aromatic nitrogens is 3. The molecule has 38 heavy (non-hydrogen) atoms. The highest BCUT2D eigenvalue weighted by atomic mass is 31.2. The lowest BCUT2D eigenvalue weighted by Gasteiger charge is -2.35. The topological polar surface area (TPSA) is 66.2 Å². The van der Waals surface area contributed by atoms with Gasteiger partial charge in [-0.2, -0.15) is 5.10 Å². The predicted octanol–water partition coefficient (Wildman–Crippen LogP) is 7.47. The lowest BCUT2D eigenvalue weighted by Crippen LogP contribution is -2.38. The van der Waals surface area contributed by atoms with Crippen LogP contribution in [0, 0.1) is 0 Å². The van der Waals surface area contributed by atoms with Crippen molar-refractivity contribution in [2.24, 2.45) is 0 Å².